The summed E-state index contributed by atoms with van der Waals surface area (Å²) in [7, 11) is 0. The minimum absolute atomic E-state index is 0.0553. The molecule has 6 nitrogen and oxygen atoms in total. The van der Waals surface area contributed by atoms with Gasteiger partial charge in [-0.25, -0.2) is 0 Å². The van der Waals surface area contributed by atoms with Crippen LogP contribution in [0.2, 0.25) is 0 Å². The standard InChI is InChI=1S/C24H27F2N3O3/c1-4-19(18-7-5-6-8-20(18)31-24(25)26)27-21(30)13-14-22-28-23(29-32-22)17-11-9-16(10-12-17)15(2)3/h5-12,15,19,24H,4,13-14H2,1-3H3,(H,27,30). The quantitative estimate of drug-likeness (QED) is 0.437. The van der Waals surface area contributed by atoms with Gasteiger partial charge < -0.3 is 14.6 Å². The van der Waals surface area contributed by atoms with Crippen LogP contribution in [0.25, 0.3) is 11.4 Å². The predicted octanol–water partition coefficient (Wildman–Crippen LogP) is 5.66. The molecule has 0 fully saturated rings. The zero-order chi connectivity index (χ0) is 23.1. The van der Waals surface area contributed by atoms with Crippen molar-refractivity contribution in [1.82, 2.24) is 15.5 Å². The van der Waals surface area contributed by atoms with E-state index in [4.69, 9.17) is 4.52 Å². The Labute approximate surface area is 186 Å². The van der Waals surface area contributed by atoms with Crippen LogP contribution >= 0.6 is 0 Å². The number of para-hydroxylation sites is 1. The highest BCUT2D eigenvalue weighted by Crippen LogP contribution is 2.28. The molecule has 0 saturated heterocycles. The second kappa shape index (κ2) is 10.8. The Hall–Kier alpha value is -3.29. The van der Waals surface area contributed by atoms with Gasteiger partial charge in [0.1, 0.15) is 5.75 Å². The smallest absolute Gasteiger partial charge is 0.387 e. The fourth-order valence-corrected chi connectivity index (χ4v) is 3.35. The minimum Gasteiger partial charge on any atom is -0.434 e. The number of rotatable bonds is 10. The number of hydrogen-bond acceptors (Lipinski definition) is 5. The van der Waals surface area contributed by atoms with E-state index in [0.717, 1.165) is 5.56 Å². The number of alkyl halides is 2. The minimum atomic E-state index is -2.93. The summed E-state index contributed by atoms with van der Waals surface area (Å²) < 4.78 is 35.2. The van der Waals surface area contributed by atoms with E-state index in [1.165, 1.54) is 11.6 Å². The van der Waals surface area contributed by atoms with Gasteiger partial charge in [0.05, 0.1) is 6.04 Å². The second-order valence-electron chi connectivity index (χ2n) is 7.73. The van der Waals surface area contributed by atoms with Gasteiger partial charge in [0.15, 0.2) is 0 Å². The van der Waals surface area contributed by atoms with Gasteiger partial charge in [-0.3, -0.25) is 4.79 Å². The molecule has 3 aromatic rings. The predicted molar refractivity (Wildman–Crippen MR) is 116 cm³/mol. The Morgan fingerprint density at radius 2 is 1.84 bits per heavy atom. The Bertz CT molecular complexity index is 1020. The van der Waals surface area contributed by atoms with Gasteiger partial charge in [-0.15, -0.1) is 0 Å². The molecule has 0 spiro atoms. The fraction of sp³-hybridized carbons (Fsp3) is 0.375. The number of aryl methyl sites for hydroxylation is 1. The van der Waals surface area contributed by atoms with Crippen LogP contribution in [0.5, 0.6) is 5.75 Å². The van der Waals surface area contributed by atoms with E-state index in [1.54, 1.807) is 18.2 Å². The van der Waals surface area contributed by atoms with Crippen molar-refractivity contribution < 1.29 is 22.8 Å². The monoisotopic (exact) mass is 443 g/mol. The highest BCUT2D eigenvalue weighted by atomic mass is 19.3. The van der Waals surface area contributed by atoms with Crippen LogP contribution in [0.15, 0.2) is 53.1 Å². The summed E-state index contributed by atoms with van der Waals surface area (Å²) >= 11 is 0. The zero-order valence-electron chi connectivity index (χ0n) is 18.3. The SMILES string of the molecule is CCC(NC(=O)CCc1nc(-c2ccc(C(C)C)cc2)no1)c1ccccc1OC(F)F. The molecule has 2 aromatic carbocycles. The van der Waals surface area contributed by atoms with Crippen LogP contribution in [-0.2, 0) is 11.2 Å². The highest BCUT2D eigenvalue weighted by molar-refractivity contribution is 5.76. The van der Waals surface area contributed by atoms with E-state index in [1.807, 2.05) is 31.2 Å². The molecule has 8 heteroatoms. The van der Waals surface area contributed by atoms with Gasteiger partial charge in [0, 0.05) is 24.0 Å². The number of carbonyl (C=O) groups excluding carboxylic acids is 1. The first kappa shape index (κ1) is 23.4. The molecule has 0 saturated carbocycles. The number of amides is 1. The van der Waals surface area contributed by atoms with E-state index in [2.05, 4.69) is 34.0 Å². The number of ether oxygens (including phenoxy) is 1. The maximum Gasteiger partial charge on any atom is 0.387 e. The normalized spacial score (nSPS) is 12.2. The molecule has 0 aliphatic carbocycles. The number of benzene rings is 2. The molecule has 3 rings (SSSR count). The van der Waals surface area contributed by atoms with Gasteiger partial charge in [-0.1, -0.05) is 68.4 Å². The molecule has 32 heavy (non-hydrogen) atoms. The number of halogens is 2. The fourth-order valence-electron chi connectivity index (χ4n) is 3.35. The largest absolute Gasteiger partial charge is 0.434 e. The van der Waals surface area contributed by atoms with E-state index < -0.39 is 12.7 Å². The van der Waals surface area contributed by atoms with Crippen molar-refractivity contribution in [3.8, 4) is 17.1 Å². The Balaban J connectivity index is 1.59. The third-order valence-electron chi connectivity index (χ3n) is 5.12. The summed E-state index contributed by atoms with van der Waals surface area (Å²) in [6.07, 6.45) is 0.920. The average molecular weight is 443 g/mol. The lowest BCUT2D eigenvalue weighted by Crippen LogP contribution is -2.28. The molecule has 0 aliphatic rings. The van der Waals surface area contributed by atoms with Gasteiger partial charge >= 0.3 is 6.61 Å². The van der Waals surface area contributed by atoms with Crippen LogP contribution in [0.4, 0.5) is 8.78 Å². The van der Waals surface area contributed by atoms with E-state index in [0.29, 0.717) is 29.6 Å². The van der Waals surface area contributed by atoms with Crippen molar-refractivity contribution in [3.05, 3.63) is 65.5 Å². The molecule has 0 radical (unpaired) electrons. The Kier molecular flexibility index (Phi) is 7.92. The van der Waals surface area contributed by atoms with Crippen LogP contribution in [0.1, 0.15) is 62.6 Å². The van der Waals surface area contributed by atoms with Crippen LogP contribution in [0.3, 0.4) is 0 Å². The first-order chi connectivity index (χ1) is 15.4. The average Bonchev–Trinajstić information content (AvgIpc) is 3.25. The number of nitrogens with one attached hydrogen (secondary N) is 1. The van der Waals surface area contributed by atoms with Crippen LogP contribution in [0, 0.1) is 0 Å². The van der Waals surface area contributed by atoms with Crippen molar-refractivity contribution in [2.24, 2.45) is 0 Å². The molecule has 0 bridgehead atoms. The first-order valence-corrected chi connectivity index (χ1v) is 10.6. The van der Waals surface area contributed by atoms with Gasteiger partial charge in [0.25, 0.3) is 0 Å². The van der Waals surface area contributed by atoms with Crippen molar-refractivity contribution in [3.63, 3.8) is 0 Å². The van der Waals surface area contributed by atoms with Gasteiger partial charge in [-0.2, -0.15) is 13.8 Å². The zero-order valence-corrected chi connectivity index (χ0v) is 18.3. The van der Waals surface area contributed by atoms with Crippen LogP contribution in [-0.4, -0.2) is 22.7 Å². The molecule has 1 atom stereocenters. The lowest BCUT2D eigenvalue weighted by atomic mass is 10.0. The first-order valence-electron chi connectivity index (χ1n) is 10.6. The molecular formula is C24H27F2N3O3. The van der Waals surface area contributed by atoms with Crippen molar-refractivity contribution >= 4 is 5.91 Å². The molecular weight excluding hydrogens is 416 g/mol. The van der Waals surface area contributed by atoms with Crippen molar-refractivity contribution in [2.75, 3.05) is 0 Å². The van der Waals surface area contributed by atoms with Gasteiger partial charge in [-0.05, 0) is 24.0 Å². The molecule has 1 aromatic heterocycles. The summed E-state index contributed by atoms with van der Waals surface area (Å²) in [4.78, 5) is 16.9. The van der Waals surface area contributed by atoms with Crippen molar-refractivity contribution in [1.29, 1.82) is 0 Å². The highest BCUT2D eigenvalue weighted by Gasteiger charge is 2.19. The van der Waals surface area contributed by atoms with E-state index >= 15 is 0 Å². The number of carbonyl (C=O) groups is 1. The number of aromatic nitrogens is 2. The summed E-state index contributed by atoms with van der Waals surface area (Å²) in [5.74, 6) is 1.08. The third kappa shape index (κ3) is 6.12. The third-order valence-corrected chi connectivity index (χ3v) is 5.12. The van der Waals surface area contributed by atoms with Gasteiger partial charge in [0.2, 0.25) is 17.6 Å². The molecule has 1 N–H and O–H groups in total. The molecule has 0 aliphatic heterocycles. The Morgan fingerprint density at radius 3 is 2.50 bits per heavy atom. The summed E-state index contributed by atoms with van der Waals surface area (Å²) in [6.45, 7) is 3.18. The molecule has 1 heterocycles. The number of hydrogen-bond donors (Lipinski definition) is 1. The lowest BCUT2D eigenvalue weighted by Gasteiger charge is -2.20. The van der Waals surface area contributed by atoms with E-state index in [9.17, 15) is 13.6 Å². The van der Waals surface area contributed by atoms with E-state index in [-0.39, 0.29) is 24.5 Å². The molecule has 1 amide bonds. The summed E-state index contributed by atoms with van der Waals surface area (Å²) in [5.41, 5.74) is 2.57. The maximum atomic E-state index is 12.7. The second-order valence-corrected chi connectivity index (χ2v) is 7.73. The molecule has 1 unspecified atom stereocenters. The van der Waals surface area contributed by atoms with Crippen molar-refractivity contribution in [2.45, 2.75) is 58.6 Å². The summed E-state index contributed by atoms with van der Waals surface area (Å²) in [6, 6.07) is 14.0. The number of nitrogens with zero attached hydrogens (tertiary/aromatic N) is 2. The topological polar surface area (TPSA) is 77.3 Å². The molecule has 170 valence electrons. The Morgan fingerprint density at radius 1 is 1.12 bits per heavy atom. The lowest BCUT2D eigenvalue weighted by molar-refractivity contribution is -0.121. The maximum absolute atomic E-state index is 12.7. The van der Waals surface area contributed by atoms with Crippen LogP contribution < -0.4 is 10.1 Å². The summed E-state index contributed by atoms with van der Waals surface area (Å²) in [5, 5.41) is 6.87.